The van der Waals surface area contributed by atoms with Gasteiger partial charge >= 0.3 is 0 Å². The first kappa shape index (κ1) is 20.1. The fourth-order valence-electron chi connectivity index (χ4n) is 3.28. The lowest BCUT2D eigenvalue weighted by Crippen LogP contribution is -2.34. The monoisotopic (exact) mass is 411 g/mol. The van der Waals surface area contributed by atoms with Gasteiger partial charge in [0, 0.05) is 5.69 Å². The van der Waals surface area contributed by atoms with E-state index in [1.807, 2.05) is 66.7 Å². The van der Waals surface area contributed by atoms with Gasteiger partial charge in [-0.2, -0.15) is 9.78 Å². The molecule has 0 atom stereocenters. The Morgan fingerprint density at radius 3 is 2.10 bits per heavy atom. The number of hydrogen-bond acceptors (Lipinski definition) is 4. The van der Waals surface area contributed by atoms with Crippen LogP contribution < -0.4 is 15.2 Å². The molecule has 0 fully saturated rings. The molecule has 1 amide bonds. The van der Waals surface area contributed by atoms with E-state index in [2.05, 4.69) is 5.10 Å². The molecule has 1 aromatic heterocycles. The van der Waals surface area contributed by atoms with Crippen molar-refractivity contribution in [2.75, 3.05) is 12.0 Å². The summed E-state index contributed by atoms with van der Waals surface area (Å²) in [5.74, 6) is -0.229. The smallest absolute Gasteiger partial charge is 0.282 e. The Kier molecular flexibility index (Phi) is 5.89. The summed E-state index contributed by atoms with van der Waals surface area (Å²) in [6.07, 6.45) is 0. The summed E-state index contributed by atoms with van der Waals surface area (Å²) in [6.45, 7) is 0.346. The highest BCUT2D eigenvalue weighted by atomic mass is 16.5. The van der Waals surface area contributed by atoms with E-state index in [1.54, 1.807) is 29.2 Å². The molecule has 1 heterocycles. The lowest BCUT2D eigenvalue weighted by molar-refractivity contribution is 0.0975. The molecule has 154 valence electrons. The molecule has 0 radical (unpaired) electrons. The molecule has 6 nitrogen and oxygen atoms in total. The molecule has 0 aliphatic rings. The van der Waals surface area contributed by atoms with Crippen LogP contribution in [0.4, 0.5) is 5.69 Å². The van der Waals surface area contributed by atoms with Crippen LogP contribution in [0.1, 0.15) is 16.1 Å². The van der Waals surface area contributed by atoms with Crippen LogP contribution in [0.3, 0.4) is 0 Å². The number of methoxy groups -OCH3 is 1. The molecule has 4 rings (SSSR count). The van der Waals surface area contributed by atoms with Crippen LogP contribution in [-0.4, -0.2) is 22.8 Å². The van der Waals surface area contributed by atoms with Crippen molar-refractivity contribution in [1.82, 2.24) is 9.78 Å². The van der Waals surface area contributed by atoms with Crippen molar-refractivity contribution in [3.63, 3.8) is 0 Å². The summed E-state index contributed by atoms with van der Waals surface area (Å²) < 4.78 is 6.56. The fraction of sp³-hybridized carbons (Fsp3) is 0.0800. The lowest BCUT2D eigenvalue weighted by Gasteiger charge is -2.23. The highest BCUT2D eigenvalue weighted by molar-refractivity contribution is 6.06. The first-order chi connectivity index (χ1) is 15.2. The summed E-state index contributed by atoms with van der Waals surface area (Å²) in [5.41, 5.74) is 1.94. The number of rotatable bonds is 6. The fourth-order valence-corrected chi connectivity index (χ4v) is 3.28. The van der Waals surface area contributed by atoms with Gasteiger partial charge in [-0.15, -0.1) is 0 Å². The van der Waals surface area contributed by atoms with Gasteiger partial charge in [0.05, 0.1) is 25.4 Å². The third kappa shape index (κ3) is 4.38. The zero-order chi connectivity index (χ0) is 21.6. The van der Waals surface area contributed by atoms with Crippen molar-refractivity contribution >= 4 is 11.6 Å². The topological polar surface area (TPSA) is 64.4 Å². The van der Waals surface area contributed by atoms with Gasteiger partial charge in [-0.3, -0.25) is 9.59 Å². The van der Waals surface area contributed by atoms with Crippen LogP contribution in [-0.2, 0) is 6.54 Å². The first-order valence-corrected chi connectivity index (χ1v) is 9.82. The van der Waals surface area contributed by atoms with Crippen LogP contribution in [0.25, 0.3) is 5.69 Å². The zero-order valence-electron chi connectivity index (χ0n) is 17.0. The predicted octanol–water partition coefficient (Wildman–Crippen LogP) is 4.09. The van der Waals surface area contributed by atoms with Gasteiger partial charge < -0.3 is 9.64 Å². The average molecular weight is 411 g/mol. The molecule has 0 unspecified atom stereocenters. The Hall–Kier alpha value is -4.19. The minimum atomic E-state index is -0.381. The van der Waals surface area contributed by atoms with Crippen molar-refractivity contribution in [2.24, 2.45) is 0 Å². The van der Waals surface area contributed by atoms with E-state index in [-0.39, 0.29) is 22.9 Å². The van der Waals surface area contributed by atoms with Gasteiger partial charge in [0.25, 0.3) is 11.5 Å². The van der Waals surface area contributed by atoms with E-state index in [0.29, 0.717) is 12.2 Å². The normalized spacial score (nSPS) is 10.5. The van der Waals surface area contributed by atoms with Crippen molar-refractivity contribution in [1.29, 1.82) is 0 Å². The summed E-state index contributed by atoms with van der Waals surface area (Å²) in [7, 11) is 1.42. The van der Waals surface area contributed by atoms with Crippen molar-refractivity contribution in [2.45, 2.75) is 6.54 Å². The molecule has 0 saturated carbocycles. The maximum atomic E-state index is 13.7. The van der Waals surface area contributed by atoms with Crippen LogP contribution in [0.2, 0.25) is 0 Å². The summed E-state index contributed by atoms with van der Waals surface area (Å²) in [6, 6.07) is 29.3. The van der Waals surface area contributed by atoms with Crippen LogP contribution in [0.5, 0.6) is 5.75 Å². The van der Waals surface area contributed by atoms with E-state index >= 15 is 0 Å². The maximum absolute atomic E-state index is 13.7. The molecule has 0 bridgehead atoms. The third-order valence-corrected chi connectivity index (χ3v) is 4.82. The van der Waals surface area contributed by atoms with E-state index in [9.17, 15) is 9.59 Å². The van der Waals surface area contributed by atoms with Crippen molar-refractivity contribution < 1.29 is 9.53 Å². The Morgan fingerprint density at radius 1 is 0.903 bits per heavy atom. The van der Waals surface area contributed by atoms with E-state index in [0.717, 1.165) is 11.3 Å². The van der Waals surface area contributed by atoms with Gasteiger partial charge in [0.1, 0.15) is 0 Å². The number of carbonyl (C=O) groups excluding carboxylic acids is 1. The summed E-state index contributed by atoms with van der Waals surface area (Å²) >= 11 is 0. The van der Waals surface area contributed by atoms with Gasteiger partial charge in [-0.1, -0.05) is 66.7 Å². The molecule has 0 spiro atoms. The molecule has 4 aromatic rings. The van der Waals surface area contributed by atoms with E-state index < -0.39 is 0 Å². The van der Waals surface area contributed by atoms with E-state index in [4.69, 9.17) is 4.74 Å². The molecule has 31 heavy (non-hydrogen) atoms. The number of anilines is 1. The minimum absolute atomic E-state index is 0.0609. The van der Waals surface area contributed by atoms with Crippen molar-refractivity contribution in [3.8, 4) is 11.4 Å². The quantitative estimate of drug-likeness (QED) is 0.479. The van der Waals surface area contributed by atoms with E-state index in [1.165, 1.54) is 17.9 Å². The second-order valence-electron chi connectivity index (χ2n) is 6.86. The standard InChI is InChI=1S/C25H21N3O3/c1-31-22-17-23(29)28(21-15-9-4-10-16-21)26-24(22)25(30)27(20-13-7-3-8-14-20)18-19-11-5-2-6-12-19/h2-17H,18H2,1H3. The van der Waals surface area contributed by atoms with Crippen LogP contribution in [0.15, 0.2) is 102 Å². The first-order valence-electron chi connectivity index (χ1n) is 9.82. The number of hydrogen-bond donors (Lipinski definition) is 0. The number of ether oxygens (including phenoxy) is 1. The highest BCUT2D eigenvalue weighted by Crippen LogP contribution is 2.23. The third-order valence-electron chi connectivity index (χ3n) is 4.82. The number of benzene rings is 3. The maximum Gasteiger partial charge on any atom is 0.282 e. The molecular weight excluding hydrogens is 390 g/mol. The molecule has 0 aliphatic carbocycles. The number of para-hydroxylation sites is 2. The Bertz CT molecular complexity index is 1220. The van der Waals surface area contributed by atoms with Crippen molar-refractivity contribution in [3.05, 3.63) is 119 Å². The van der Waals surface area contributed by atoms with Crippen LogP contribution >= 0.6 is 0 Å². The Morgan fingerprint density at radius 2 is 1.48 bits per heavy atom. The Balaban J connectivity index is 1.82. The number of nitrogens with zero attached hydrogens (tertiary/aromatic N) is 3. The average Bonchev–Trinajstić information content (AvgIpc) is 2.83. The zero-order valence-corrected chi connectivity index (χ0v) is 17.0. The lowest BCUT2D eigenvalue weighted by atomic mass is 10.1. The number of amides is 1. The highest BCUT2D eigenvalue weighted by Gasteiger charge is 2.25. The van der Waals surface area contributed by atoms with Gasteiger partial charge in [0.2, 0.25) is 0 Å². The second kappa shape index (κ2) is 9.09. The SMILES string of the molecule is COc1cc(=O)n(-c2ccccc2)nc1C(=O)N(Cc1ccccc1)c1ccccc1. The number of carbonyl (C=O) groups is 1. The molecule has 6 heteroatoms. The molecule has 0 saturated heterocycles. The van der Waals surface area contributed by atoms with Gasteiger partial charge in [-0.05, 0) is 29.8 Å². The summed E-state index contributed by atoms with van der Waals surface area (Å²) in [5, 5.41) is 4.39. The summed E-state index contributed by atoms with van der Waals surface area (Å²) in [4.78, 5) is 27.9. The molecule has 0 aliphatic heterocycles. The molecule has 3 aromatic carbocycles. The largest absolute Gasteiger partial charge is 0.494 e. The predicted molar refractivity (Wildman–Crippen MR) is 120 cm³/mol. The molecule has 0 N–H and O–H groups in total. The minimum Gasteiger partial charge on any atom is -0.494 e. The van der Waals surface area contributed by atoms with Gasteiger partial charge in [0.15, 0.2) is 11.4 Å². The number of aromatic nitrogens is 2. The van der Waals surface area contributed by atoms with Crippen LogP contribution in [0, 0.1) is 0 Å². The molecular formula is C25H21N3O3. The van der Waals surface area contributed by atoms with Gasteiger partial charge in [-0.25, -0.2) is 0 Å². The Labute approximate surface area is 180 Å². The second-order valence-corrected chi connectivity index (χ2v) is 6.86.